The first-order valence-electron chi connectivity index (χ1n) is 10.8. The number of nitrogens with zero attached hydrogens (tertiary/aromatic N) is 1. The van der Waals surface area contributed by atoms with Gasteiger partial charge in [0.1, 0.15) is 18.2 Å². The van der Waals surface area contributed by atoms with Gasteiger partial charge in [-0.3, -0.25) is 0 Å². The number of halogens is 1. The van der Waals surface area contributed by atoms with Crippen LogP contribution in [0.5, 0.6) is 5.75 Å². The van der Waals surface area contributed by atoms with Gasteiger partial charge in [0.15, 0.2) is 6.10 Å². The maximum Gasteiger partial charge on any atom is 0.333 e. The Labute approximate surface area is 187 Å². The molecular weight excluding hydrogens is 415 g/mol. The highest BCUT2D eigenvalue weighted by Gasteiger charge is 2.27. The fourth-order valence-corrected chi connectivity index (χ4v) is 3.25. The van der Waals surface area contributed by atoms with Crippen molar-refractivity contribution in [3.8, 4) is 5.75 Å². The van der Waals surface area contributed by atoms with Gasteiger partial charge in [0.2, 0.25) is 0 Å². The third-order valence-electron chi connectivity index (χ3n) is 5.18. The number of hydrogen-bond acceptors (Lipinski definition) is 4. The van der Waals surface area contributed by atoms with Crippen molar-refractivity contribution in [3.05, 3.63) is 59.9 Å². The van der Waals surface area contributed by atoms with Gasteiger partial charge >= 0.3 is 12.0 Å². The topological polar surface area (TPSA) is 88.1 Å². The maximum absolute atomic E-state index is 13.1. The molecule has 172 valence electrons. The molecule has 1 aliphatic rings. The number of carboxylic acid groups (broad SMARTS) is 1. The van der Waals surface area contributed by atoms with Gasteiger partial charge in [-0.25, -0.2) is 14.0 Å². The number of rotatable bonds is 12. The normalized spacial score (nSPS) is 13.9. The Morgan fingerprint density at radius 1 is 1.16 bits per heavy atom. The van der Waals surface area contributed by atoms with Crippen LogP contribution < -0.4 is 10.1 Å². The molecule has 3 rings (SSSR count). The first kappa shape index (κ1) is 23.5. The Kier molecular flexibility index (Phi) is 8.44. The van der Waals surface area contributed by atoms with Crippen molar-refractivity contribution in [2.24, 2.45) is 5.92 Å². The van der Waals surface area contributed by atoms with Gasteiger partial charge in [-0.1, -0.05) is 12.1 Å². The molecule has 1 unspecified atom stereocenters. The molecule has 2 amide bonds. The Morgan fingerprint density at radius 3 is 2.44 bits per heavy atom. The summed E-state index contributed by atoms with van der Waals surface area (Å²) in [5, 5.41) is 12.0. The zero-order valence-electron chi connectivity index (χ0n) is 18.1. The Balaban J connectivity index is 1.50. The number of aliphatic carboxylic acids is 1. The Hall–Kier alpha value is -3.13. The molecule has 0 aromatic heterocycles. The minimum Gasteiger partial charge on any atom is -0.492 e. The predicted octanol–water partition coefficient (Wildman–Crippen LogP) is 4.18. The minimum atomic E-state index is -0.984. The number of anilines is 1. The summed E-state index contributed by atoms with van der Waals surface area (Å²) in [6.07, 6.45) is 1.63. The summed E-state index contributed by atoms with van der Waals surface area (Å²) >= 11 is 0. The average Bonchev–Trinajstić information content (AvgIpc) is 3.59. The number of nitrogens with one attached hydrogen (secondary N) is 1. The number of amides is 2. The quantitative estimate of drug-likeness (QED) is 0.513. The summed E-state index contributed by atoms with van der Waals surface area (Å²) in [7, 11) is 0. The van der Waals surface area contributed by atoms with E-state index in [0.717, 1.165) is 18.4 Å². The molecule has 2 aromatic rings. The van der Waals surface area contributed by atoms with E-state index in [4.69, 9.17) is 9.47 Å². The second kappa shape index (κ2) is 11.5. The van der Waals surface area contributed by atoms with E-state index in [0.29, 0.717) is 43.7 Å². The van der Waals surface area contributed by atoms with Gasteiger partial charge in [-0.05, 0) is 67.6 Å². The number of carboxylic acids is 1. The molecule has 2 N–H and O–H groups in total. The molecule has 1 atom stereocenters. The lowest BCUT2D eigenvalue weighted by Gasteiger charge is -2.23. The summed E-state index contributed by atoms with van der Waals surface area (Å²) in [5.74, 6) is -0.182. The van der Waals surface area contributed by atoms with Crippen molar-refractivity contribution >= 4 is 17.7 Å². The molecule has 0 bridgehead atoms. The van der Waals surface area contributed by atoms with E-state index in [1.165, 1.54) is 24.3 Å². The fourth-order valence-electron chi connectivity index (χ4n) is 3.25. The van der Waals surface area contributed by atoms with Crippen LogP contribution in [0, 0.1) is 11.7 Å². The van der Waals surface area contributed by atoms with E-state index in [9.17, 15) is 19.1 Å². The molecule has 1 fully saturated rings. The van der Waals surface area contributed by atoms with E-state index in [1.54, 1.807) is 24.0 Å². The molecule has 2 aromatic carbocycles. The van der Waals surface area contributed by atoms with E-state index >= 15 is 0 Å². The second-order valence-corrected chi connectivity index (χ2v) is 7.81. The zero-order chi connectivity index (χ0) is 22.9. The molecule has 1 saturated carbocycles. The minimum absolute atomic E-state index is 0.238. The first-order chi connectivity index (χ1) is 15.4. The number of ether oxygens (including phenoxy) is 2. The summed E-state index contributed by atoms with van der Waals surface area (Å²) in [6, 6.07) is 12.6. The SMILES string of the molecule is CCOC(Cc1ccc(OCCN(CC2CC2)C(=O)Nc2ccc(F)cc2)cc1)C(=O)O. The van der Waals surface area contributed by atoms with Gasteiger partial charge in [0.25, 0.3) is 0 Å². The third-order valence-corrected chi connectivity index (χ3v) is 5.18. The van der Waals surface area contributed by atoms with Gasteiger partial charge in [-0.2, -0.15) is 0 Å². The summed E-state index contributed by atoms with van der Waals surface area (Å²) < 4.78 is 24.1. The Bertz CT molecular complexity index is 884. The van der Waals surface area contributed by atoms with Crippen molar-refractivity contribution in [1.29, 1.82) is 0 Å². The molecule has 0 spiro atoms. The number of carbonyl (C=O) groups is 2. The lowest BCUT2D eigenvalue weighted by atomic mass is 10.1. The molecule has 7 nitrogen and oxygen atoms in total. The van der Waals surface area contributed by atoms with Gasteiger partial charge in [-0.15, -0.1) is 0 Å². The molecule has 0 heterocycles. The number of hydrogen-bond donors (Lipinski definition) is 2. The van der Waals surface area contributed by atoms with Crippen molar-refractivity contribution in [2.75, 3.05) is 31.6 Å². The first-order valence-corrected chi connectivity index (χ1v) is 10.8. The smallest absolute Gasteiger partial charge is 0.333 e. The van der Waals surface area contributed by atoms with Crippen LogP contribution in [0.15, 0.2) is 48.5 Å². The van der Waals surface area contributed by atoms with Crippen LogP contribution >= 0.6 is 0 Å². The number of benzene rings is 2. The molecule has 0 aliphatic heterocycles. The predicted molar refractivity (Wildman–Crippen MR) is 118 cm³/mol. The summed E-state index contributed by atoms with van der Waals surface area (Å²) in [6.45, 7) is 3.49. The Morgan fingerprint density at radius 2 is 1.84 bits per heavy atom. The van der Waals surface area contributed by atoms with Crippen LogP contribution in [0.2, 0.25) is 0 Å². The van der Waals surface area contributed by atoms with E-state index in [2.05, 4.69) is 5.32 Å². The van der Waals surface area contributed by atoms with E-state index in [-0.39, 0.29) is 18.3 Å². The van der Waals surface area contributed by atoms with Crippen LogP contribution in [0.3, 0.4) is 0 Å². The van der Waals surface area contributed by atoms with Crippen molar-refractivity contribution in [3.63, 3.8) is 0 Å². The lowest BCUT2D eigenvalue weighted by molar-refractivity contribution is -0.149. The van der Waals surface area contributed by atoms with Gasteiger partial charge in [0.05, 0.1) is 6.54 Å². The molecule has 0 saturated heterocycles. The van der Waals surface area contributed by atoms with Crippen LogP contribution in [-0.2, 0) is 16.0 Å². The van der Waals surface area contributed by atoms with Crippen LogP contribution in [-0.4, -0.2) is 54.4 Å². The molecule has 0 radical (unpaired) electrons. The number of carbonyl (C=O) groups excluding carboxylic acids is 1. The highest BCUT2D eigenvalue weighted by atomic mass is 19.1. The van der Waals surface area contributed by atoms with Crippen LogP contribution in [0.25, 0.3) is 0 Å². The van der Waals surface area contributed by atoms with E-state index < -0.39 is 12.1 Å². The van der Waals surface area contributed by atoms with Crippen molar-refractivity contribution < 1.29 is 28.6 Å². The monoisotopic (exact) mass is 444 g/mol. The fraction of sp³-hybridized carbons (Fsp3) is 0.417. The summed E-state index contributed by atoms with van der Waals surface area (Å²) in [5.41, 5.74) is 1.38. The maximum atomic E-state index is 13.1. The highest BCUT2D eigenvalue weighted by Crippen LogP contribution is 2.30. The average molecular weight is 445 g/mol. The van der Waals surface area contributed by atoms with Gasteiger partial charge < -0.3 is 24.8 Å². The standard InChI is InChI=1S/C24H29FN2O5/c1-2-31-22(23(28)29)15-17-5-11-21(12-6-17)32-14-13-27(16-18-3-4-18)24(30)26-20-9-7-19(25)8-10-20/h5-12,18,22H,2-4,13-16H2,1H3,(H,26,30)(H,28,29). The summed E-state index contributed by atoms with van der Waals surface area (Å²) in [4.78, 5) is 25.6. The second-order valence-electron chi connectivity index (χ2n) is 7.81. The zero-order valence-corrected chi connectivity index (χ0v) is 18.1. The molecule has 8 heteroatoms. The number of urea groups is 1. The van der Waals surface area contributed by atoms with Gasteiger partial charge in [0, 0.05) is 25.3 Å². The molecule has 1 aliphatic carbocycles. The highest BCUT2D eigenvalue weighted by molar-refractivity contribution is 5.89. The van der Waals surface area contributed by atoms with Crippen LogP contribution in [0.4, 0.5) is 14.9 Å². The van der Waals surface area contributed by atoms with Crippen molar-refractivity contribution in [1.82, 2.24) is 4.90 Å². The van der Waals surface area contributed by atoms with E-state index in [1.807, 2.05) is 12.1 Å². The largest absolute Gasteiger partial charge is 0.492 e. The molecule has 32 heavy (non-hydrogen) atoms. The van der Waals surface area contributed by atoms with Crippen LogP contribution in [0.1, 0.15) is 25.3 Å². The van der Waals surface area contributed by atoms with Crippen molar-refractivity contribution in [2.45, 2.75) is 32.3 Å². The third kappa shape index (κ3) is 7.53. The lowest BCUT2D eigenvalue weighted by Crippen LogP contribution is -2.39. The molecular formula is C24H29FN2O5.